The zero-order valence-corrected chi connectivity index (χ0v) is 47.4. The molecule has 0 aliphatic rings. The van der Waals surface area contributed by atoms with E-state index in [0.29, 0.717) is 27.5 Å². The average molecular weight is 1120 g/mol. The van der Waals surface area contributed by atoms with E-state index in [9.17, 15) is 12.3 Å². The van der Waals surface area contributed by atoms with Crippen LogP contribution < -0.4 is 41.5 Å². The summed E-state index contributed by atoms with van der Waals surface area (Å²) in [6.07, 6.45) is 0. The van der Waals surface area contributed by atoms with Crippen LogP contribution in [0.3, 0.4) is 0 Å². The lowest BCUT2D eigenvalue weighted by Crippen LogP contribution is -2.78. The van der Waals surface area contributed by atoms with Crippen molar-refractivity contribution in [3.63, 3.8) is 0 Å². The largest absolute Gasteiger partial charge is 0.309 e. The van der Waals surface area contributed by atoms with Gasteiger partial charge in [0.15, 0.2) is 16.1 Å². The lowest BCUT2D eigenvalue weighted by atomic mass is 10.1. The molecule has 0 fully saturated rings. The Kier molecular flexibility index (Phi) is 8.62. The molecule has 0 spiro atoms. The van der Waals surface area contributed by atoms with Crippen LogP contribution in [0.2, 0.25) is 0 Å². The van der Waals surface area contributed by atoms with Gasteiger partial charge in [0.05, 0.1) is 53.7 Å². The average Bonchev–Trinajstić information content (AvgIpc) is 1.58. The van der Waals surface area contributed by atoms with Crippen LogP contribution in [0.25, 0.3) is 82.5 Å². The number of para-hydroxylation sites is 3. The topological polar surface area (TPSA) is 14.8 Å². The highest BCUT2D eigenvalue weighted by Gasteiger charge is 2.46. The molecule has 16 rings (SSSR count). The second-order valence-electron chi connectivity index (χ2n) is 21.3. The first-order valence-corrected chi connectivity index (χ1v) is 31.9. The third-order valence-corrected chi connectivity index (χ3v) is 26.4. The molecule has 16 aromatic rings. The third kappa shape index (κ3) is 7.56. The van der Waals surface area contributed by atoms with E-state index in [-0.39, 0.29) is 73.0 Å². The standard InChI is InChI=1S/C79H57N3Si2/c1-56-44-47-77-71(50-56)70-40-22-25-43-76(70)81(77)58-46-49-79-73(54-58)72-53-57(80-74-41-23-20-38-68(74)69-39-21-24-42-75(69)80)45-48-78(72)82(79)59-51-66(83(60-26-8-2-9-27-60,61-28-10-3-11-29-61)62-30-12-4-13-31-62)55-67(52-59)84(63-32-14-5-15-33-63,64-34-16-6-17-35-64)65-36-18-7-19-37-65/h2-55H,1H3/i20D,21D,22D,23D,24D,25D,38D,39D,40D,41D,42D,43D,44D,47D,50D. The van der Waals surface area contributed by atoms with Crippen molar-refractivity contribution in [1.82, 2.24) is 13.7 Å². The first-order chi connectivity index (χ1) is 47.8. The van der Waals surface area contributed by atoms with E-state index in [2.05, 4.69) is 168 Å². The predicted molar refractivity (Wildman–Crippen MR) is 361 cm³/mol. The third-order valence-electron chi connectivity index (χ3n) is 16.8. The lowest BCUT2D eigenvalue weighted by molar-refractivity contribution is 1.16. The van der Waals surface area contributed by atoms with E-state index in [1.54, 1.807) is 17.6 Å². The zero-order chi connectivity index (χ0) is 68.8. The minimum Gasteiger partial charge on any atom is -0.309 e. The number of aromatic nitrogens is 3. The summed E-state index contributed by atoms with van der Waals surface area (Å²) in [4.78, 5) is 0. The molecule has 0 amide bonds. The van der Waals surface area contributed by atoms with Crippen molar-refractivity contribution < 1.29 is 20.6 Å². The van der Waals surface area contributed by atoms with Gasteiger partial charge < -0.3 is 13.7 Å². The van der Waals surface area contributed by atoms with Crippen molar-refractivity contribution in [1.29, 1.82) is 0 Å². The van der Waals surface area contributed by atoms with Gasteiger partial charge >= 0.3 is 0 Å². The van der Waals surface area contributed by atoms with Crippen LogP contribution in [0.1, 0.15) is 26.1 Å². The van der Waals surface area contributed by atoms with E-state index in [1.807, 2.05) is 66.7 Å². The van der Waals surface area contributed by atoms with Crippen LogP contribution in [-0.4, -0.2) is 29.8 Å². The van der Waals surface area contributed by atoms with Crippen LogP contribution in [0, 0.1) is 6.92 Å². The summed E-state index contributed by atoms with van der Waals surface area (Å²) >= 11 is 0. The molecule has 0 bridgehead atoms. The summed E-state index contributed by atoms with van der Waals surface area (Å²) in [5, 5.41) is 10.00. The molecule has 0 atom stereocenters. The maximum atomic E-state index is 9.67. The van der Waals surface area contributed by atoms with Gasteiger partial charge in [-0.3, -0.25) is 0 Å². The molecule has 0 saturated carbocycles. The summed E-state index contributed by atoms with van der Waals surface area (Å²) in [7, 11) is -6.99. The van der Waals surface area contributed by atoms with E-state index >= 15 is 0 Å². The first kappa shape index (κ1) is 36.2. The summed E-state index contributed by atoms with van der Waals surface area (Å²) in [6, 6.07) is 75.9. The lowest BCUT2D eigenvalue weighted by Gasteiger charge is -2.38. The fraction of sp³-hybridized carbons (Fsp3) is 0.0127. The number of fused-ring (bicyclic) bond motifs is 9. The van der Waals surface area contributed by atoms with Crippen LogP contribution >= 0.6 is 0 Å². The maximum Gasteiger partial charge on any atom is 0.179 e. The molecule has 0 aliphatic heterocycles. The van der Waals surface area contributed by atoms with E-state index < -0.39 is 88.7 Å². The summed E-state index contributed by atoms with van der Waals surface area (Å²) in [5.41, 5.74) is 2.75. The van der Waals surface area contributed by atoms with E-state index in [0.717, 1.165) is 47.2 Å². The van der Waals surface area contributed by atoms with Gasteiger partial charge in [0, 0.05) is 49.4 Å². The Labute approximate surface area is 511 Å². The van der Waals surface area contributed by atoms with Gasteiger partial charge in [-0.1, -0.05) is 254 Å². The molecule has 3 aromatic heterocycles. The molecule has 0 saturated heterocycles. The van der Waals surface area contributed by atoms with Gasteiger partial charge in [0.25, 0.3) is 0 Å². The molecule has 0 N–H and O–H groups in total. The fourth-order valence-corrected chi connectivity index (χ4v) is 23.2. The summed E-state index contributed by atoms with van der Waals surface area (Å²) in [6.45, 7) is 1.56. The highest BCUT2D eigenvalue weighted by Crippen LogP contribution is 2.40. The van der Waals surface area contributed by atoms with Gasteiger partial charge in [-0.25, -0.2) is 0 Å². The van der Waals surface area contributed by atoms with Gasteiger partial charge in [0.2, 0.25) is 0 Å². The SMILES string of the molecule is [2H]c1c([2H])c([2H])c2c(c1[2H])c1c([2H])c([2H])c([2H])c([2H])c1n2-c1ccc2c(c1)c1cc(-n3c4c([2H])c([2H])c([2H])c([2H])c4c4c([2H])c(C)c([2H])c([2H])c43)ccc1n2-c1cc([Si](c2ccccc2)(c2ccccc2)c2ccccc2)cc([Si](c2ccccc2)(c2ccccc2)c2ccccc2)c1. The van der Waals surface area contributed by atoms with Crippen molar-refractivity contribution in [3.05, 3.63) is 333 Å². The smallest absolute Gasteiger partial charge is 0.179 e. The van der Waals surface area contributed by atoms with Gasteiger partial charge in [0.1, 0.15) is 0 Å². The zero-order valence-electron chi connectivity index (χ0n) is 60.4. The highest BCUT2D eigenvalue weighted by atomic mass is 28.3. The number of benzene rings is 13. The van der Waals surface area contributed by atoms with Gasteiger partial charge in [-0.05, 0) is 127 Å². The number of nitrogens with zero attached hydrogens (tertiary/aromatic N) is 3. The molecule has 0 radical (unpaired) electrons. The van der Waals surface area contributed by atoms with E-state index in [4.69, 9.17) is 8.22 Å². The molecule has 3 heterocycles. The van der Waals surface area contributed by atoms with E-state index in [1.165, 1.54) is 4.57 Å². The minimum atomic E-state index is -3.49. The molecule has 84 heavy (non-hydrogen) atoms. The van der Waals surface area contributed by atoms with Crippen molar-refractivity contribution >= 4 is 123 Å². The molecule has 5 heteroatoms. The Bertz CT molecular complexity index is 5340. The van der Waals surface area contributed by atoms with Crippen molar-refractivity contribution in [2.75, 3.05) is 0 Å². The number of hydrogen-bond donors (Lipinski definition) is 0. The van der Waals surface area contributed by atoms with Crippen LogP contribution in [0.5, 0.6) is 0 Å². The Morgan fingerprint density at radius 3 is 0.917 bits per heavy atom. The molecule has 13 aromatic carbocycles. The second kappa shape index (κ2) is 20.0. The Hall–Kier alpha value is -10.3. The second-order valence-corrected chi connectivity index (χ2v) is 28.9. The van der Waals surface area contributed by atoms with Gasteiger partial charge in [-0.15, -0.1) is 0 Å². The molecule has 0 unspecified atom stereocenters. The summed E-state index contributed by atoms with van der Waals surface area (Å²) < 4.78 is 144. The molecule has 396 valence electrons. The van der Waals surface area contributed by atoms with Crippen molar-refractivity contribution in [2.45, 2.75) is 6.92 Å². The Morgan fingerprint density at radius 2 is 0.560 bits per heavy atom. The maximum absolute atomic E-state index is 9.67. The van der Waals surface area contributed by atoms with Crippen LogP contribution in [0.4, 0.5) is 0 Å². The van der Waals surface area contributed by atoms with Gasteiger partial charge in [-0.2, -0.15) is 0 Å². The molecule has 3 nitrogen and oxygen atoms in total. The number of rotatable bonds is 11. The number of hydrogen-bond acceptors (Lipinski definition) is 0. The predicted octanol–water partition coefficient (Wildman–Crippen LogP) is 14.0. The highest BCUT2D eigenvalue weighted by molar-refractivity contribution is 7.22. The molecular formula is C79H57N3Si2. The van der Waals surface area contributed by atoms with Crippen molar-refractivity contribution in [3.8, 4) is 17.1 Å². The summed E-state index contributed by atoms with van der Waals surface area (Å²) in [5.74, 6) is 0. The Morgan fingerprint density at radius 1 is 0.250 bits per heavy atom. The quantitative estimate of drug-likeness (QED) is 0.0906. The first-order valence-electron chi connectivity index (χ1n) is 35.4. The fourth-order valence-electron chi connectivity index (χ4n) is 13.4. The molecule has 0 aliphatic carbocycles. The Balaban J connectivity index is 1.12. The van der Waals surface area contributed by atoms with Crippen LogP contribution in [-0.2, 0) is 0 Å². The van der Waals surface area contributed by atoms with Crippen molar-refractivity contribution in [2.24, 2.45) is 0 Å². The molecular weight excluding hydrogens is 1050 g/mol. The minimum absolute atomic E-state index is 0.00531. The van der Waals surface area contributed by atoms with Crippen LogP contribution in [0.15, 0.2) is 327 Å². The monoisotopic (exact) mass is 1120 g/mol. The normalized spacial score (nSPS) is 14.6.